The van der Waals surface area contributed by atoms with Crippen molar-refractivity contribution in [1.29, 1.82) is 0 Å². The van der Waals surface area contributed by atoms with E-state index in [-0.39, 0.29) is 12.3 Å². The Balaban J connectivity index is 2.24. The van der Waals surface area contributed by atoms with Gasteiger partial charge in [0.25, 0.3) is 5.69 Å². The van der Waals surface area contributed by atoms with Gasteiger partial charge in [0.05, 0.1) is 8.49 Å². The molecule has 0 amide bonds. The summed E-state index contributed by atoms with van der Waals surface area (Å²) in [6.45, 7) is 0.276. The van der Waals surface area contributed by atoms with Crippen LogP contribution in [0.3, 0.4) is 0 Å². The van der Waals surface area contributed by atoms with E-state index < -0.39 is 4.92 Å². The van der Waals surface area contributed by atoms with Gasteiger partial charge in [-0.2, -0.15) is 0 Å². The molecule has 0 aliphatic heterocycles. The van der Waals surface area contributed by atoms with Crippen molar-refractivity contribution in [1.82, 2.24) is 0 Å². The number of para-hydroxylation sites is 2. The molecule has 2 aromatic carbocycles. The first-order chi connectivity index (χ1) is 9.63. The molecule has 0 aliphatic carbocycles. The zero-order chi connectivity index (χ0) is 14.5. The predicted octanol–water partition coefficient (Wildman–Crippen LogP) is 3.82. The highest BCUT2D eigenvalue weighted by Gasteiger charge is 2.16. The minimum Gasteiger partial charge on any atom is -0.488 e. The lowest BCUT2D eigenvalue weighted by Crippen LogP contribution is -2.04. The van der Waals surface area contributed by atoms with Gasteiger partial charge in [-0.1, -0.05) is 24.3 Å². The summed E-state index contributed by atoms with van der Waals surface area (Å²) in [6.07, 6.45) is 0. The Morgan fingerprint density at radius 1 is 1.25 bits per heavy atom. The summed E-state index contributed by atoms with van der Waals surface area (Å²) in [5.41, 5.74) is 1.29. The molecule has 0 saturated heterocycles. The first-order valence-electron chi connectivity index (χ1n) is 5.95. The Morgan fingerprint density at radius 3 is 2.65 bits per heavy atom. The van der Waals surface area contributed by atoms with Crippen molar-refractivity contribution in [2.45, 2.75) is 6.61 Å². The predicted molar refractivity (Wildman–Crippen MR) is 86.1 cm³/mol. The smallest absolute Gasteiger partial charge is 0.292 e. The quantitative estimate of drug-likeness (QED) is 0.484. The molecule has 6 heteroatoms. The molecule has 0 aromatic heterocycles. The van der Waals surface area contributed by atoms with Crippen LogP contribution < -0.4 is 10.1 Å². The number of rotatable bonds is 5. The summed E-state index contributed by atoms with van der Waals surface area (Å²) < 4.78 is 6.73. The zero-order valence-electron chi connectivity index (χ0n) is 10.8. The number of nitrogens with one attached hydrogen (secondary N) is 1. The number of halogens is 1. The van der Waals surface area contributed by atoms with Gasteiger partial charge in [-0.3, -0.25) is 10.1 Å². The number of anilines is 1. The van der Waals surface area contributed by atoms with Gasteiger partial charge < -0.3 is 10.1 Å². The van der Waals surface area contributed by atoms with E-state index >= 15 is 0 Å². The molecule has 1 N–H and O–H groups in total. The summed E-state index contributed by atoms with van der Waals surface area (Å²) >= 11 is 2.19. The van der Waals surface area contributed by atoms with Crippen LogP contribution in [0.15, 0.2) is 42.5 Å². The highest BCUT2D eigenvalue weighted by molar-refractivity contribution is 14.1. The van der Waals surface area contributed by atoms with Crippen molar-refractivity contribution in [2.75, 3.05) is 12.4 Å². The number of nitro benzene ring substituents is 1. The van der Waals surface area contributed by atoms with Crippen molar-refractivity contribution < 1.29 is 9.66 Å². The number of nitro groups is 1. The molecule has 0 heterocycles. The number of hydrogen-bond acceptors (Lipinski definition) is 4. The Kier molecular flexibility index (Phi) is 4.78. The van der Waals surface area contributed by atoms with Crippen LogP contribution in [-0.2, 0) is 6.61 Å². The average Bonchev–Trinajstić information content (AvgIpc) is 2.45. The second-order valence-corrected chi connectivity index (χ2v) is 5.20. The normalized spacial score (nSPS) is 10.1. The van der Waals surface area contributed by atoms with Crippen molar-refractivity contribution in [3.63, 3.8) is 0 Å². The monoisotopic (exact) mass is 384 g/mol. The van der Waals surface area contributed by atoms with Gasteiger partial charge >= 0.3 is 0 Å². The van der Waals surface area contributed by atoms with Gasteiger partial charge in [-0.05, 0) is 34.7 Å². The van der Waals surface area contributed by atoms with Crippen molar-refractivity contribution in [3.05, 3.63) is 61.7 Å². The van der Waals surface area contributed by atoms with Gasteiger partial charge in [0.1, 0.15) is 18.0 Å². The summed E-state index contributed by atoms with van der Waals surface area (Å²) in [7, 11) is 1.66. The molecule has 104 valence electrons. The summed E-state index contributed by atoms with van der Waals surface area (Å²) in [5.74, 6) is 0.765. The SMILES string of the molecule is CNc1c(COc2ccccc2I)cccc1[N+](=O)[O-]. The number of benzene rings is 2. The lowest BCUT2D eigenvalue weighted by molar-refractivity contribution is -0.384. The van der Waals surface area contributed by atoms with Crippen LogP contribution in [0, 0.1) is 13.7 Å². The first-order valence-corrected chi connectivity index (χ1v) is 7.02. The van der Waals surface area contributed by atoms with Gasteiger partial charge in [-0.25, -0.2) is 0 Å². The molecule has 0 unspecified atom stereocenters. The van der Waals surface area contributed by atoms with Crippen LogP contribution in [-0.4, -0.2) is 12.0 Å². The molecular formula is C14H13IN2O3. The Labute approximate surface area is 130 Å². The van der Waals surface area contributed by atoms with Crippen LogP contribution in [0.1, 0.15) is 5.56 Å². The third kappa shape index (κ3) is 3.19. The average molecular weight is 384 g/mol. The van der Waals surface area contributed by atoms with E-state index in [1.165, 1.54) is 6.07 Å². The minimum atomic E-state index is -0.401. The number of nitrogens with zero attached hydrogens (tertiary/aromatic N) is 1. The Bertz CT molecular complexity index is 632. The standard InChI is InChI=1S/C14H13IN2O3/c1-16-14-10(5-4-7-12(14)17(18)19)9-20-13-8-3-2-6-11(13)15/h2-8,16H,9H2,1H3. The Morgan fingerprint density at radius 2 is 2.00 bits per heavy atom. The molecule has 2 rings (SSSR count). The van der Waals surface area contributed by atoms with Crippen LogP contribution in [0.25, 0.3) is 0 Å². The largest absolute Gasteiger partial charge is 0.488 e. The molecule has 0 saturated carbocycles. The fourth-order valence-corrected chi connectivity index (χ4v) is 2.41. The van der Waals surface area contributed by atoms with E-state index in [1.807, 2.05) is 30.3 Å². The lowest BCUT2D eigenvalue weighted by Gasteiger charge is -2.12. The van der Waals surface area contributed by atoms with E-state index in [2.05, 4.69) is 27.9 Å². The molecule has 0 spiro atoms. The number of hydrogen-bond donors (Lipinski definition) is 1. The highest BCUT2D eigenvalue weighted by Crippen LogP contribution is 2.29. The summed E-state index contributed by atoms with van der Waals surface area (Å²) in [4.78, 5) is 10.6. The van der Waals surface area contributed by atoms with Crippen LogP contribution in [0.5, 0.6) is 5.75 Å². The molecule has 0 fully saturated rings. The third-order valence-electron chi connectivity index (χ3n) is 2.80. The van der Waals surface area contributed by atoms with Crippen molar-refractivity contribution in [3.8, 4) is 5.75 Å². The van der Waals surface area contributed by atoms with E-state index in [4.69, 9.17) is 4.74 Å². The molecule has 5 nitrogen and oxygen atoms in total. The highest BCUT2D eigenvalue weighted by atomic mass is 127. The molecule has 2 aromatic rings. The molecule has 0 bridgehead atoms. The van der Waals surface area contributed by atoms with Crippen molar-refractivity contribution in [2.24, 2.45) is 0 Å². The molecule has 20 heavy (non-hydrogen) atoms. The maximum absolute atomic E-state index is 11.0. The van der Waals surface area contributed by atoms with Gasteiger partial charge in [0, 0.05) is 18.7 Å². The fraction of sp³-hybridized carbons (Fsp3) is 0.143. The van der Waals surface area contributed by atoms with Gasteiger partial charge in [0.2, 0.25) is 0 Å². The fourth-order valence-electron chi connectivity index (χ4n) is 1.86. The lowest BCUT2D eigenvalue weighted by atomic mass is 10.1. The van der Waals surface area contributed by atoms with E-state index in [1.54, 1.807) is 13.1 Å². The van der Waals surface area contributed by atoms with E-state index in [0.717, 1.165) is 14.9 Å². The Hall–Kier alpha value is -1.83. The van der Waals surface area contributed by atoms with Gasteiger partial charge in [0.15, 0.2) is 0 Å². The molecule has 0 atom stereocenters. The first kappa shape index (κ1) is 14.6. The zero-order valence-corrected chi connectivity index (χ0v) is 13.0. The third-order valence-corrected chi connectivity index (χ3v) is 3.69. The summed E-state index contributed by atoms with van der Waals surface area (Å²) in [5, 5.41) is 13.9. The summed E-state index contributed by atoms with van der Waals surface area (Å²) in [6, 6.07) is 12.6. The van der Waals surface area contributed by atoms with Crippen LogP contribution >= 0.6 is 22.6 Å². The second kappa shape index (κ2) is 6.56. The maximum Gasteiger partial charge on any atom is 0.292 e. The maximum atomic E-state index is 11.0. The topological polar surface area (TPSA) is 64.4 Å². The number of ether oxygens (including phenoxy) is 1. The van der Waals surface area contributed by atoms with E-state index in [9.17, 15) is 10.1 Å². The van der Waals surface area contributed by atoms with Crippen molar-refractivity contribution >= 4 is 34.0 Å². The molecular weight excluding hydrogens is 371 g/mol. The van der Waals surface area contributed by atoms with Gasteiger partial charge in [-0.15, -0.1) is 0 Å². The van der Waals surface area contributed by atoms with Crippen LogP contribution in [0.4, 0.5) is 11.4 Å². The van der Waals surface area contributed by atoms with Crippen LogP contribution in [0.2, 0.25) is 0 Å². The minimum absolute atomic E-state index is 0.0522. The second-order valence-electron chi connectivity index (χ2n) is 4.04. The molecule has 0 radical (unpaired) electrons. The molecule has 0 aliphatic rings. The van der Waals surface area contributed by atoms with E-state index in [0.29, 0.717) is 5.69 Å².